The van der Waals surface area contributed by atoms with E-state index in [1.54, 1.807) is 18.3 Å². The Morgan fingerprint density at radius 1 is 1.26 bits per heavy atom. The van der Waals surface area contributed by atoms with Crippen molar-refractivity contribution in [3.8, 4) is 0 Å². The summed E-state index contributed by atoms with van der Waals surface area (Å²) in [6.45, 7) is 6.03. The Morgan fingerprint density at radius 3 is 2.67 bits per heavy atom. The largest absolute Gasteiger partial charge is 0.380 e. The molecule has 0 radical (unpaired) electrons. The highest BCUT2D eigenvalue weighted by atomic mass is 32.1. The van der Waals surface area contributed by atoms with E-state index in [9.17, 15) is 9.18 Å². The molecule has 1 amide bonds. The van der Waals surface area contributed by atoms with Crippen molar-refractivity contribution in [2.45, 2.75) is 20.5 Å². The number of thiophene rings is 1. The highest BCUT2D eigenvalue weighted by molar-refractivity contribution is 7.21. The maximum absolute atomic E-state index is 14.3. The molecule has 27 heavy (non-hydrogen) atoms. The summed E-state index contributed by atoms with van der Waals surface area (Å²) in [5.74, 6) is 0.224. The maximum atomic E-state index is 14.3. The number of ether oxygens (including phenoxy) is 1. The minimum Gasteiger partial charge on any atom is -0.380 e. The third-order valence-electron chi connectivity index (χ3n) is 4.35. The van der Waals surface area contributed by atoms with Crippen molar-refractivity contribution in [3.05, 3.63) is 52.8 Å². The molecular weight excluding hydrogens is 365 g/mol. The van der Waals surface area contributed by atoms with E-state index in [0.717, 1.165) is 23.6 Å². The fraction of sp³-hybridized carbons (Fsp3) is 0.300. The summed E-state index contributed by atoms with van der Waals surface area (Å²) in [5.41, 5.74) is 1.16. The molecule has 0 fully saturated rings. The van der Waals surface area contributed by atoms with Gasteiger partial charge in [0, 0.05) is 35.8 Å². The molecule has 2 aromatic heterocycles. The molecule has 0 saturated carbocycles. The zero-order valence-electron chi connectivity index (χ0n) is 15.6. The molecule has 0 saturated heterocycles. The van der Waals surface area contributed by atoms with Crippen LogP contribution in [-0.4, -0.2) is 31.1 Å². The van der Waals surface area contributed by atoms with E-state index in [1.165, 1.54) is 24.5 Å². The number of rotatable bonds is 7. The molecule has 142 valence electrons. The smallest absolute Gasteiger partial charge is 0.266 e. The number of methoxy groups -OCH3 is 1. The Morgan fingerprint density at radius 2 is 2.04 bits per heavy atom. The Labute approximate surface area is 161 Å². The monoisotopic (exact) mass is 387 g/mol. The van der Waals surface area contributed by atoms with E-state index in [-0.39, 0.29) is 18.3 Å². The number of halogens is 1. The van der Waals surface area contributed by atoms with Crippen LogP contribution in [0.4, 0.5) is 15.9 Å². The number of hydrogen-bond acceptors (Lipinski definition) is 5. The van der Waals surface area contributed by atoms with E-state index < -0.39 is 0 Å². The molecule has 5 nitrogen and oxygen atoms in total. The van der Waals surface area contributed by atoms with Crippen LogP contribution < -0.4 is 10.2 Å². The average Bonchev–Trinajstić information content (AvgIpc) is 3.04. The number of amides is 1. The first kappa shape index (κ1) is 19.3. The number of benzene rings is 1. The van der Waals surface area contributed by atoms with Gasteiger partial charge in [-0.1, -0.05) is 6.07 Å². The van der Waals surface area contributed by atoms with E-state index in [1.807, 2.05) is 12.1 Å². The van der Waals surface area contributed by atoms with Crippen molar-refractivity contribution in [2.75, 3.05) is 30.4 Å². The standard InChI is InChI=1S/C20H22FN3O2S/c1-4-24(5-2)17-10-9-13(11-22-17)23-20(25)19-14(12-26-3)18-15(21)7-6-8-16(18)27-19/h6-11H,4-5,12H2,1-3H3,(H,23,25). The number of hydrogen-bond donors (Lipinski definition) is 1. The zero-order chi connectivity index (χ0) is 19.4. The molecule has 0 spiro atoms. The van der Waals surface area contributed by atoms with Gasteiger partial charge in [-0.2, -0.15) is 0 Å². The molecule has 3 aromatic rings. The number of anilines is 2. The number of nitrogens with zero attached hydrogens (tertiary/aromatic N) is 2. The Balaban J connectivity index is 1.88. The van der Waals surface area contributed by atoms with Crippen LogP contribution in [0.2, 0.25) is 0 Å². The summed E-state index contributed by atoms with van der Waals surface area (Å²) in [4.78, 5) is 19.8. The summed E-state index contributed by atoms with van der Waals surface area (Å²) >= 11 is 1.26. The quantitative estimate of drug-likeness (QED) is 0.640. The summed E-state index contributed by atoms with van der Waals surface area (Å²) in [6.07, 6.45) is 1.63. The first-order valence-electron chi connectivity index (χ1n) is 8.80. The number of carbonyl (C=O) groups is 1. The molecule has 0 aliphatic rings. The minimum atomic E-state index is -0.347. The highest BCUT2D eigenvalue weighted by Gasteiger charge is 2.21. The van der Waals surface area contributed by atoms with Crippen LogP contribution in [0.15, 0.2) is 36.5 Å². The first-order chi connectivity index (χ1) is 13.1. The third-order valence-corrected chi connectivity index (χ3v) is 5.55. The van der Waals surface area contributed by atoms with Gasteiger partial charge < -0.3 is 15.0 Å². The molecule has 7 heteroatoms. The molecule has 0 aliphatic carbocycles. The molecule has 0 atom stereocenters. The number of carbonyl (C=O) groups excluding carboxylic acids is 1. The van der Waals surface area contributed by atoms with Gasteiger partial charge in [0.25, 0.3) is 5.91 Å². The predicted molar refractivity (Wildman–Crippen MR) is 108 cm³/mol. The zero-order valence-corrected chi connectivity index (χ0v) is 16.4. The first-order valence-corrected chi connectivity index (χ1v) is 9.61. The van der Waals surface area contributed by atoms with Crippen LogP contribution >= 0.6 is 11.3 Å². The van der Waals surface area contributed by atoms with E-state index in [0.29, 0.717) is 21.5 Å². The van der Waals surface area contributed by atoms with Gasteiger partial charge in [0.05, 0.1) is 23.4 Å². The summed E-state index contributed by atoms with van der Waals surface area (Å²) in [5, 5.41) is 3.30. The van der Waals surface area contributed by atoms with Crippen LogP contribution in [0, 0.1) is 5.82 Å². The highest BCUT2D eigenvalue weighted by Crippen LogP contribution is 2.34. The van der Waals surface area contributed by atoms with E-state index in [2.05, 4.69) is 29.0 Å². The number of pyridine rings is 1. The predicted octanol–water partition coefficient (Wildman–Crippen LogP) is 4.68. The number of aromatic nitrogens is 1. The van der Waals surface area contributed by atoms with Crippen LogP contribution in [0.1, 0.15) is 29.1 Å². The molecule has 3 rings (SSSR count). The lowest BCUT2D eigenvalue weighted by Gasteiger charge is -2.19. The molecule has 1 aromatic carbocycles. The SMILES string of the molecule is CCN(CC)c1ccc(NC(=O)c2sc3cccc(F)c3c2COC)cn1. The molecule has 0 aliphatic heterocycles. The van der Waals surface area contributed by atoms with Gasteiger partial charge >= 0.3 is 0 Å². The second kappa shape index (κ2) is 8.45. The van der Waals surface area contributed by atoms with Crippen molar-refractivity contribution in [3.63, 3.8) is 0 Å². The maximum Gasteiger partial charge on any atom is 0.266 e. The van der Waals surface area contributed by atoms with Gasteiger partial charge in [0.1, 0.15) is 11.6 Å². The number of nitrogens with one attached hydrogen (secondary N) is 1. The van der Waals surface area contributed by atoms with Gasteiger partial charge in [-0.05, 0) is 38.1 Å². The molecule has 2 heterocycles. The topological polar surface area (TPSA) is 54.5 Å². The molecule has 0 bridgehead atoms. The van der Waals surface area contributed by atoms with Crippen molar-refractivity contribution >= 4 is 38.8 Å². The lowest BCUT2D eigenvalue weighted by molar-refractivity contribution is 0.102. The lowest BCUT2D eigenvalue weighted by Crippen LogP contribution is -2.22. The second-order valence-electron chi connectivity index (χ2n) is 5.99. The lowest BCUT2D eigenvalue weighted by atomic mass is 10.1. The molecule has 1 N–H and O–H groups in total. The fourth-order valence-corrected chi connectivity index (χ4v) is 4.13. The second-order valence-corrected chi connectivity index (χ2v) is 7.04. The number of fused-ring (bicyclic) bond motifs is 1. The average molecular weight is 387 g/mol. The molecule has 0 unspecified atom stereocenters. The summed E-state index contributed by atoms with van der Waals surface area (Å²) in [6, 6.07) is 8.54. The van der Waals surface area contributed by atoms with Crippen molar-refractivity contribution in [1.29, 1.82) is 0 Å². The minimum absolute atomic E-state index is 0.169. The van der Waals surface area contributed by atoms with Gasteiger partial charge in [-0.15, -0.1) is 11.3 Å². The Bertz CT molecular complexity index is 936. The van der Waals surface area contributed by atoms with Gasteiger partial charge in [0.15, 0.2) is 0 Å². The van der Waals surface area contributed by atoms with Crippen molar-refractivity contribution < 1.29 is 13.9 Å². The van der Waals surface area contributed by atoms with E-state index >= 15 is 0 Å². The van der Waals surface area contributed by atoms with Crippen molar-refractivity contribution in [2.24, 2.45) is 0 Å². The van der Waals surface area contributed by atoms with Crippen molar-refractivity contribution in [1.82, 2.24) is 4.98 Å². The fourth-order valence-electron chi connectivity index (χ4n) is 3.02. The Hall–Kier alpha value is -2.51. The third kappa shape index (κ3) is 3.94. The Kier molecular flexibility index (Phi) is 6.03. The van der Waals surface area contributed by atoms with Gasteiger partial charge in [0.2, 0.25) is 0 Å². The van der Waals surface area contributed by atoms with E-state index in [4.69, 9.17) is 4.74 Å². The normalized spacial score (nSPS) is 11.0. The van der Waals surface area contributed by atoms with Gasteiger partial charge in [-0.3, -0.25) is 4.79 Å². The van der Waals surface area contributed by atoms with Crippen LogP contribution in [0.25, 0.3) is 10.1 Å². The summed E-state index contributed by atoms with van der Waals surface area (Å²) < 4.78 is 20.2. The molecular formula is C20H22FN3O2S. The van der Waals surface area contributed by atoms with Crippen LogP contribution in [0.5, 0.6) is 0 Å². The summed E-state index contributed by atoms with van der Waals surface area (Å²) in [7, 11) is 1.53. The van der Waals surface area contributed by atoms with Crippen LogP contribution in [0.3, 0.4) is 0 Å². The van der Waals surface area contributed by atoms with Crippen LogP contribution in [-0.2, 0) is 11.3 Å². The van der Waals surface area contributed by atoms with Gasteiger partial charge in [-0.25, -0.2) is 9.37 Å².